The second kappa shape index (κ2) is 13.9. The Bertz CT molecular complexity index is 1530. The number of thiocarbonyl (C=S) groups is 1. The molecule has 0 bridgehead atoms. The van der Waals surface area contributed by atoms with Gasteiger partial charge in [-0.05, 0) is 108 Å². The van der Waals surface area contributed by atoms with Crippen molar-refractivity contribution in [3.05, 3.63) is 124 Å². The highest BCUT2D eigenvalue weighted by Gasteiger charge is 2.01. The Balaban J connectivity index is 1.43. The third kappa shape index (κ3) is 7.65. The third-order valence-corrected chi connectivity index (χ3v) is 6.55. The molecule has 0 radical (unpaired) electrons. The summed E-state index contributed by atoms with van der Waals surface area (Å²) < 4.78 is 0. The van der Waals surface area contributed by atoms with E-state index in [4.69, 9.17) is 0 Å². The Morgan fingerprint density at radius 2 is 1.21 bits per heavy atom. The number of rotatable bonds is 7. The smallest absolute Gasteiger partial charge is 0.0740 e. The molecule has 0 saturated carbocycles. The quantitative estimate of drug-likeness (QED) is 0.105. The summed E-state index contributed by atoms with van der Waals surface area (Å²) in [5.74, 6) is 13.2. The first kappa shape index (κ1) is 26.9. The molecule has 0 atom stereocenters. The van der Waals surface area contributed by atoms with Gasteiger partial charge in [0.2, 0.25) is 0 Å². The van der Waals surface area contributed by atoms with E-state index in [1.807, 2.05) is 30.3 Å². The van der Waals surface area contributed by atoms with Gasteiger partial charge in [0, 0.05) is 22.3 Å². The second-order valence-electron chi connectivity index (χ2n) is 9.21. The van der Waals surface area contributed by atoms with Gasteiger partial charge in [0.25, 0.3) is 0 Å². The Morgan fingerprint density at radius 3 is 1.84 bits per heavy atom. The lowest BCUT2D eigenvalue weighted by molar-refractivity contribution is 0.717. The van der Waals surface area contributed by atoms with Gasteiger partial charge in [-0.25, -0.2) is 0 Å². The summed E-state index contributed by atoms with van der Waals surface area (Å²) >= 11 is 4.65. The molecule has 0 spiro atoms. The van der Waals surface area contributed by atoms with E-state index in [1.54, 1.807) is 0 Å². The molecule has 0 fully saturated rings. The third-order valence-electron chi connectivity index (χ3n) is 6.46. The van der Waals surface area contributed by atoms with Crippen LogP contribution in [0.1, 0.15) is 66.5 Å². The molecule has 0 aliphatic heterocycles. The number of benzene rings is 4. The molecule has 4 rings (SSSR count). The predicted octanol–water partition coefficient (Wildman–Crippen LogP) is 9.18. The van der Waals surface area contributed by atoms with Gasteiger partial charge < -0.3 is 0 Å². The normalized spacial score (nSPS) is 9.95. The van der Waals surface area contributed by atoms with Gasteiger partial charge in [0.1, 0.15) is 0 Å². The molecular formula is C36H31NS. The zero-order valence-corrected chi connectivity index (χ0v) is 22.9. The van der Waals surface area contributed by atoms with Crippen LogP contribution < -0.4 is 0 Å². The van der Waals surface area contributed by atoms with Crippen LogP contribution in [0.3, 0.4) is 0 Å². The van der Waals surface area contributed by atoms with Gasteiger partial charge >= 0.3 is 0 Å². The van der Waals surface area contributed by atoms with Gasteiger partial charge in [-0.1, -0.05) is 86.8 Å². The molecule has 38 heavy (non-hydrogen) atoms. The van der Waals surface area contributed by atoms with Crippen molar-refractivity contribution < 1.29 is 0 Å². The molecule has 0 saturated heterocycles. The molecule has 0 aliphatic carbocycles. The fourth-order valence-corrected chi connectivity index (χ4v) is 4.34. The van der Waals surface area contributed by atoms with Crippen LogP contribution in [0, 0.1) is 23.7 Å². The van der Waals surface area contributed by atoms with Crippen LogP contribution in [-0.2, 0) is 12.8 Å². The topological polar surface area (TPSA) is 12.4 Å². The van der Waals surface area contributed by atoms with Crippen LogP contribution in [0.4, 0.5) is 5.69 Å². The van der Waals surface area contributed by atoms with Crippen molar-refractivity contribution in [2.75, 3.05) is 0 Å². The van der Waals surface area contributed by atoms with E-state index in [0.29, 0.717) is 0 Å². The van der Waals surface area contributed by atoms with Gasteiger partial charge in [0.05, 0.1) is 10.8 Å². The molecule has 1 nitrogen and oxygen atoms in total. The predicted molar refractivity (Wildman–Crippen MR) is 164 cm³/mol. The average molecular weight is 510 g/mol. The largest absolute Gasteiger partial charge is 0.195 e. The summed E-state index contributed by atoms with van der Waals surface area (Å²) in [7, 11) is 0. The van der Waals surface area contributed by atoms with Gasteiger partial charge in [-0.3, -0.25) is 0 Å². The molecule has 0 heterocycles. The van der Waals surface area contributed by atoms with E-state index in [1.165, 1.54) is 41.5 Å². The highest BCUT2D eigenvalue weighted by Crippen LogP contribution is 2.21. The zero-order chi connectivity index (χ0) is 26.6. The molecule has 2 heteroatoms. The fourth-order valence-electron chi connectivity index (χ4n) is 4.23. The molecule has 0 aromatic heterocycles. The van der Waals surface area contributed by atoms with Crippen molar-refractivity contribution in [3.8, 4) is 34.8 Å². The maximum atomic E-state index is 4.65. The number of aliphatic imine (C=N–C) groups is 1. The maximum Gasteiger partial charge on any atom is 0.0740 e. The van der Waals surface area contributed by atoms with E-state index in [0.717, 1.165) is 40.8 Å². The Morgan fingerprint density at radius 1 is 0.632 bits per heavy atom. The lowest BCUT2D eigenvalue weighted by Gasteiger charge is -2.05. The van der Waals surface area contributed by atoms with Crippen LogP contribution in [-0.4, -0.2) is 5.16 Å². The first-order chi connectivity index (χ1) is 18.7. The standard InChI is InChI=1S/C36H31NS/c1-3-5-6-7-28-10-19-34(20-11-28)35-21-13-29(14-22-35)8-9-31-15-23-33(32(4-2)26-31)18-12-30-16-24-36(25-17-30)37-27-38/h10-11,13-17,19-26H,3-7H2,1-2H3. The number of nitrogens with zero attached hydrogens (tertiary/aromatic N) is 1. The summed E-state index contributed by atoms with van der Waals surface area (Å²) in [5.41, 5.74) is 9.82. The van der Waals surface area contributed by atoms with Crippen molar-refractivity contribution in [1.82, 2.24) is 0 Å². The summed E-state index contributed by atoms with van der Waals surface area (Å²) in [5, 5.41) is 2.38. The molecule has 0 amide bonds. The molecule has 186 valence electrons. The SMILES string of the molecule is CCCCCc1ccc(-c2ccc(C#Cc3ccc(C#Cc4ccc(N=C=S)cc4)c(CC)c3)cc2)cc1. The fraction of sp³-hybridized carbons (Fsp3) is 0.194. The minimum Gasteiger partial charge on any atom is -0.195 e. The molecule has 0 aliphatic rings. The van der Waals surface area contributed by atoms with Crippen molar-refractivity contribution >= 4 is 23.1 Å². The van der Waals surface area contributed by atoms with Crippen LogP contribution in [0.2, 0.25) is 0 Å². The van der Waals surface area contributed by atoms with Crippen LogP contribution >= 0.6 is 12.2 Å². The summed E-state index contributed by atoms with van der Waals surface area (Å²) in [6.07, 6.45) is 5.88. The monoisotopic (exact) mass is 509 g/mol. The van der Waals surface area contributed by atoms with E-state index < -0.39 is 0 Å². The van der Waals surface area contributed by atoms with E-state index in [9.17, 15) is 0 Å². The Hall–Kier alpha value is -4.20. The second-order valence-corrected chi connectivity index (χ2v) is 9.39. The van der Waals surface area contributed by atoms with Crippen molar-refractivity contribution in [2.24, 2.45) is 4.99 Å². The lowest BCUT2D eigenvalue weighted by Crippen LogP contribution is -1.89. The zero-order valence-electron chi connectivity index (χ0n) is 22.1. The van der Waals surface area contributed by atoms with Crippen molar-refractivity contribution in [2.45, 2.75) is 46.0 Å². The maximum absolute atomic E-state index is 4.65. The number of hydrogen-bond acceptors (Lipinski definition) is 2. The summed E-state index contributed by atoms with van der Waals surface area (Å²) in [6.45, 7) is 4.39. The minimum absolute atomic E-state index is 0.782. The molecule has 0 N–H and O–H groups in total. The molecular weight excluding hydrogens is 478 g/mol. The summed E-state index contributed by atoms with van der Waals surface area (Å²) in [6, 6.07) is 31.4. The Labute approximate surface area is 232 Å². The van der Waals surface area contributed by atoms with Gasteiger partial charge in [-0.2, -0.15) is 4.99 Å². The van der Waals surface area contributed by atoms with E-state index in [2.05, 4.69) is 121 Å². The van der Waals surface area contributed by atoms with Gasteiger partial charge in [0.15, 0.2) is 0 Å². The average Bonchev–Trinajstić information content (AvgIpc) is 2.97. The van der Waals surface area contributed by atoms with Crippen molar-refractivity contribution in [3.63, 3.8) is 0 Å². The van der Waals surface area contributed by atoms with Gasteiger partial charge in [-0.15, -0.1) is 0 Å². The molecule has 4 aromatic carbocycles. The number of isothiocyanates is 1. The summed E-state index contributed by atoms with van der Waals surface area (Å²) in [4.78, 5) is 3.98. The highest BCUT2D eigenvalue weighted by molar-refractivity contribution is 7.78. The van der Waals surface area contributed by atoms with E-state index in [-0.39, 0.29) is 0 Å². The minimum atomic E-state index is 0.782. The molecule has 4 aromatic rings. The van der Waals surface area contributed by atoms with E-state index >= 15 is 0 Å². The first-order valence-electron chi connectivity index (χ1n) is 13.2. The van der Waals surface area contributed by atoms with Crippen LogP contribution in [0.5, 0.6) is 0 Å². The van der Waals surface area contributed by atoms with Crippen LogP contribution in [0.25, 0.3) is 11.1 Å². The number of unbranched alkanes of at least 4 members (excludes halogenated alkanes) is 2. The van der Waals surface area contributed by atoms with Crippen molar-refractivity contribution in [1.29, 1.82) is 0 Å². The Kier molecular flexibility index (Phi) is 9.84. The van der Waals surface area contributed by atoms with Crippen LogP contribution in [0.15, 0.2) is 96.0 Å². The molecule has 0 unspecified atom stereocenters. The number of aryl methyl sites for hydroxylation is 2. The lowest BCUT2D eigenvalue weighted by atomic mass is 10.00. The first-order valence-corrected chi connectivity index (χ1v) is 13.6. The highest BCUT2D eigenvalue weighted by atomic mass is 32.1. The number of hydrogen-bond donors (Lipinski definition) is 0.